The average molecular weight is 416 g/mol. The Morgan fingerprint density at radius 1 is 1.17 bits per heavy atom. The van der Waals surface area contributed by atoms with Gasteiger partial charge < -0.3 is 20.0 Å². The fraction of sp³-hybridized carbons (Fsp3) is 0.739. The number of guanidine groups is 1. The standard InChI is InChI=1S/C23H37N5O2/c1-17-9-10-21(30-17)20(27-12-5-6-13-27)15-25-23(24-2)26-19-11-14-28(16-19)22(29)18-7-3-4-8-18/h9-10,18-20H,3-8,11-16H2,1-2H3,(H2,24,25,26). The summed E-state index contributed by atoms with van der Waals surface area (Å²) in [5, 5.41) is 7.05. The van der Waals surface area contributed by atoms with Crippen LogP contribution in [0.3, 0.4) is 0 Å². The first kappa shape index (κ1) is 21.2. The Morgan fingerprint density at radius 3 is 2.60 bits per heavy atom. The molecule has 3 fully saturated rings. The van der Waals surface area contributed by atoms with Crippen LogP contribution in [-0.4, -0.2) is 67.5 Å². The van der Waals surface area contributed by atoms with Crippen LogP contribution >= 0.6 is 0 Å². The summed E-state index contributed by atoms with van der Waals surface area (Å²) in [5.41, 5.74) is 0. The number of likely N-dealkylation sites (tertiary alicyclic amines) is 2. The van der Waals surface area contributed by atoms with Crippen molar-refractivity contribution >= 4 is 11.9 Å². The van der Waals surface area contributed by atoms with Crippen LogP contribution in [0.4, 0.5) is 0 Å². The zero-order valence-corrected chi connectivity index (χ0v) is 18.5. The van der Waals surface area contributed by atoms with Gasteiger partial charge in [-0.2, -0.15) is 0 Å². The summed E-state index contributed by atoms with van der Waals surface area (Å²) in [4.78, 5) is 21.7. The maximum Gasteiger partial charge on any atom is 0.225 e. The maximum absolute atomic E-state index is 12.7. The highest BCUT2D eigenvalue weighted by molar-refractivity contribution is 5.81. The molecule has 2 unspecified atom stereocenters. The lowest BCUT2D eigenvalue weighted by Crippen LogP contribution is -2.47. The van der Waals surface area contributed by atoms with Gasteiger partial charge in [-0.1, -0.05) is 12.8 Å². The van der Waals surface area contributed by atoms with Gasteiger partial charge in [0.15, 0.2) is 5.96 Å². The van der Waals surface area contributed by atoms with Gasteiger partial charge in [0.1, 0.15) is 11.5 Å². The molecule has 7 heteroatoms. The maximum atomic E-state index is 12.7. The van der Waals surface area contributed by atoms with Gasteiger partial charge in [-0.15, -0.1) is 0 Å². The van der Waals surface area contributed by atoms with E-state index in [1.54, 1.807) is 0 Å². The largest absolute Gasteiger partial charge is 0.465 e. The monoisotopic (exact) mass is 415 g/mol. The molecule has 3 heterocycles. The first-order valence-electron chi connectivity index (χ1n) is 11.7. The number of rotatable bonds is 6. The number of aryl methyl sites for hydroxylation is 1. The molecule has 1 aromatic rings. The van der Waals surface area contributed by atoms with Crippen LogP contribution in [0.15, 0.2) is 21.5 Å². The van der Waals surface area contributed by atoms with Gasteiger partial charge in [-0.05, 0) is 64.3 Å². The normalized spacial score (nSPS) is 24.5. The fourth-order valence-electron chi connectivity index (χ4n) is 5.19. The van der Waals surface area contributed by atoms with Crippen LogP contribution in [-0.2, 0) is 4.79 Å². The lowest BCUT2D eigenvalue weighted by molar-refractivity contribution is -0.134. The smallest absolute Gasteiger partial charge is 0.225 e. The first-order chi connectivity index (χ1) is 14.6. The highest BCUT2D eigenvalue weighted by Gasteiger charge is 2.33. The molecule has 1 amide bonds. The summed E-state index contributed by atoms with van der Waals surface area (Å²) in [6, 6.07) is 4.61. The third kappa shape index (κ3) is 4.99. The van der Waals surface area contributed by atoms with Gasteiger partial charge >= 0.3 is 0 Å². The molecular formula is C23H37N5O2. The first-order valence-corrected chi connectivity index (χ1v) is 11.7. The number of hydrogen-bond donors (Lipinski definition) is 2. The molecule has 4 rings (SSSR count). The molecule has 1 aliphatic carbocycles. The Bertz CT molecular complexity index is 734. The van der Waals surface area contributed by atoms with E-state index in [2.05, 4.69) is 31.5 Å². The van der Waals surface area contributed by atoms with Crippen molar-refractivity contribution in [3.05, 3.63) is 23.7 Å². The average Bonchev–Trinajstić information content (AvgIpc) is 3.55. The minimum absolute atomic E-state index is 0.212. The molecule has 0 aromatic carbocycles. The number of nitrogens with zero attached hydrogens (tertiary/aromatic N) is 3. The van der Waals surface area contributed by atoms with Crippen molar-refractivity contribution in [2.75, 3.05) is 39.8 Å². The minimum Gasteiger partial charge on any atom is -0.465 e. The number of amides is 1. The zero-order valence-electron chi connectivity index (χ0n) is 18.5. The molecule has 3 aliphatic rings. The summed E-state index contributed by atoms with van der Waals surface area (Å²) in [7, 11) is 1.81. The van der Waals surface area contributed by atoms with Crippen molar-refractivity contribution in [1.29, 1.82) is 0 Å². The van der Waals surface area contributed by atoms with E-state index in [9.17, 15) is 4.79 Å². The van der Waals surface area contributed by atoms with Crippen LogP contribution in [0.1, 0.15) is 62.5 Å². The second-order valence-electron chi connectivity index (χ2n) is 9.06. The molecule has 2 aliphatic heterocycles. The lowest BCUT2D eigenvalue weighted by atomic mass is 10.1. The third-order valence-electron chi connectivity index (χ3n) is 6.90. The fourth-order valence-corrected chi connectivity index (χ4v) is 5.19. The molecule has 30 heavy (non-hydrogen) atoms. The highest BCUT2D eigenvalue weighted by atomic mass is 16.3. The van der Waals surface area contributed by atoms with Gasteiger partial charge in [0.2, 0.25) is 5.91 Å². The molecule has 2 saturated heterocycles. The Balaban J connectivity index is 1.30. The Morgan fingerprint density at radius 2 is 1.93 bits per heavy atom. The molecule has 0 bridgehead atoms. The molecule has 2 atom stereocenters. The van der Waals surface area contributed by atoms with Crippen LogP contribution in [0.5, 0.6) is 0 Å². The third-order valence-corrected chi connectivity index (χ3v) is 6.90. The SMILES string of the molecule is CN=C(NCC(c1ccc(C)o1)N1CCCC1)NC1CCN(C(=O)C2CCCC2)C1. The lowest BCUT2D eigenvalue weighted by Gasteiger charge is -2.27. The van der Waals surface area contributed by atoms with E-state index in [-0.39, 0.29) is 18.0 Å². The summed E-state index contributed by atoms with van der Waals surface area (Å²) >= 11 is 0. The van der Waals surface area contributed by atoms with Crippen LogP contribution in [0.25, 0.3) is 0 Å². The topological polar surface area (TPSA) is 73.1 Å². The Hall–Kier alpha value is -2.02. The van der Waals surface area contributed by atoms with E-state index in [4.69, 9.17) is 4.42 Å². The molecule has 7 nitrogen and oxygen atoms in total. The molecule has 1 aromatic heterocycles. The highest BCUT2D eigenvalue weighted by Crippen LogP contribution is 2.28. The van der Waals surface area contributed by atoms with Crippen molar-refractivity contribution in [3.8, 4) is 0 Å². The van der Waals surface area contributed by atoms with Gasteiger partial charge in [0.05, 0.1) is 6.04 Å². The second kappa shape index (κ2) is 9.86. The minimum atomic E-state index is 0.212. The van der Waals surface area contributed by atoms with E-state index in [0.717, 1.165) is 69.5 Å². The molecular weight excluding hydrogens is 378 g/mol. The number of carbonyl (C=O) groups excluding carboxylic acids is 1. The van der Waals surface area contributed by atoms with Crippen LogP contribution < -0.4 is 10.6 Å². The molecule has 0 radical (unpaired) electrons. The van der Waals surface area contributed by atoms with E-state index in [1.807, 2.05) is 20.0 Å². The van der Waals surface area contributed by atoms with Gasteiger partial charge in [0.25, 0.3) is 0 Å². The molecule has 2 N–H and O–H groups in total. The van der Waals surface area contributed by atoms with E-state index in [0.29, 0.717) is 5.91 Å². The van der Waals surface area contributed by atoms with E-state index >= 15 is 0 Å². The van der Waals surface area contributed by atoms with E-state index < -0.39 is 0 Å². The predicted octanol–water partition coefficient (Wildman–Crippen LogP) is 2.68. The van der Waals surface area contributed by atoms with Crippen molar-refractivity contribution < 1.29 is 9.21 Å². The van der Waals surface area contributed by atoms with Gasteiger partial charge in [-0.3, -0.25) is 14.7 Å². The van der Waals surface area contributed by atoms with Crippen molar-refractivity contribution in [2.45, 2.75) is 64.0 Å². The summed E-state index contributed by atoms with van der Waals surface area (Å²) in [5.74, 6) is 3.41. The zero-order chi connectivity index (χ0) is 20.9. The summed E-state index contributed by atoms with van der Waals surface area (Å²) in [6.45, 7) is 6.61. The summed E-state index contributed by atoms with van der Waals surface area (Å²) < 4.78 is 5.96. The Kier molecular flexibility index (Phi) is 6.97. The number of aliphatic imine (C=N–C) groups is 1. The van der Waals surface area contributed by atoms with Crippen LogP contribution in [0.2, 0.25) is 0 Å². The Labute approximate surface area is 180 Å². The number of hydrogen-bond acceptors (Lipinski definition) is 4. The van der Waals surface area contributed by atoms with Crippen molar-refractivity contribution in [3.63, 3.8) is 0 Å². The van der Waals surface area contributed by atoms with Gasteiger partial charge in [-0.25, -0.2) is 0 Å². The predicted molar refractivity (Wildman–Crippen MR) is 118 cm³/mol. The van der Waals surface area contributed by atoms with Crippen molar-refractivity contribution in [2.24, 2.45) is 10.9 Å². The summed E-state index contributed by atoms with van der Waals surface area (Å²) in [6.07, 6.45) is 8.02. The molecule has 166 valence electrons. The molecule has 1 saturated carbocycles. The van der Waals surface area contributed by atoms with Crippen LogP contribution in [0, 0.1) is 12.8 Å². The van der Waals surface area contributed by atoms with Crippen molar-refractivity contribution in [1.82, 2.24) is 20.4 Å². The second-order valence-corrected chi connectivity index (χ2v) is 9.06. The molecule has 0 spiro atoms. The number of furan rings is 1. The quantitative estimate of drug-likeness (QED) is 0.552. The number of nitrogens with one attached hydrogen (secondary N) is 2. The van der Waals surface area contributed by atoms with E-state index in [1.165, 1.54) is 25.7 Å². The number of carbonyl (C=O) groups is 1. The van der Waals surface area contributed by atoms with Gasteiger partial charge in [0, 0.05) is 38.6 Å².